The van der Waals surface area contributed by atoms with Crippen molar-refractivity contribution in [2.45, 2.75) is 85.0 Å². The molecule has 2 rings (SSSR count). The molecule has 0 saturated heterocycles. The molecule has 0 fully saturated rings. The van der Waals surface area contributed by atoms with Gasteiger partial charge in [-0.25, -0.2) is 0 Å². The van der Waals surface area contributed by atoms with E-state index in [0.717, 1.165) is 0 Å². The number of hydrogen-bond acceptors (Lipinski definition) is 0. The van der Waals surface area contributed by atoms with Crippen molar-refractivity contribution in [2.24, 2.45) is 0 Å². The summed E-state index contributed by atoms with van der Waals surface area (Å²) < 4.78 is 0. The fraction of sp³-hybridized carbons (Fsp3) is 0.619. The van der Waals surface area contributed by atoms with Crippen LogP contribution in [-0.4, -0.2) is 0 Å². The average molecular weight is 287 g/mol. The van der Waals surface area contributed by atoms with Crippen LogP contribution in [0.25, 0.3) is 0 Å². The lowest BCUT2D eigenvalue weighted by atomic mass is 9.96. The van der Waals surface area contributed by atoms with Crippen LogP contribution in [-0.2, 0) is 0 Å². The van der Waals surface area contributed by atoms with Crippen LogP contribution in [0, 0.1) is 0 Å². The third kappa shape index (κ3) is 8.75. The van der Waals surface area contributed by atoms with Crippen molar-refractivity contribution in [3.63, 3.8) is 0 Å². The van der Waals surface area contributed by atoms with E-state index in [4.69, 9.17) is 0 Å². The normalized spacial score (nSPS) is 18.0. The molecule has 0 aliphatic heterocycles. The molecule has 0 aromatic rings. The average Bonchev–Trinajstić information content (AvgIpc) is 3.00. The Bertz CT molecular complexity index is 390. The van der Waals surface area contributed by atoms with Crippen LogP contribution in [0.5, 0.6) is 0 Å². The molecule has 0 spiro atoms. The molecule has 0 radical (unpaired) electrons. The highest BCUT2D eigenvalue weighted by Gasteiger charge is 2.01. The van der Waals surface area contributed by atoms with Crippen molar-refractivity contribution in [3.05, 3.63) is 47.1 Å². The molecule has 0 N–H and O–H groups in total. The minimum absolute atomic E-state index is 1.23. The molecule has 0 atom stereocenters. The molecule has 118 valence electrons. The minimum Gasteiger partial charge on any atom is -0.0856 e. The number of unbranched alkanes of at least 4 members (excludes halogenated alkanes) is 1. The van der Waals surface area contributed by atoms with E-state index in [0.29, 0.717) is 0 Å². The van der Waals surface area contributed by atoms with Crippen LogP contribution in [0.2, 0.25) is 0 Å². The lowest BCUT2D eigenvalue weighted by Gasteiger charge is -2.10. The largest absolute Gasteiger partial charge is 0.0856 e. The van der Waals surface area contributed by atoms with Crippen LogP contribution >= 0.6 is 0 Å². The molecule has 0 heteroatoms. The van der Waals surface area contributed by atoms with Gasteiger partial charge in [0.25, 0.3) is 0 Å². The number of rotatable bonds is 6. The monoisotopic (exact) mass is 286 g/mol. The Morgan fingerprint density at radius 2 is 2.05 bits per heavy atom. The Morgan fingerprint density at radius 3 is 2.52 bits per heavy atom. The Hall–Kier alpha value is -1.04. The van der Waals surface area contributed by atoms with Gasteiger partial charge in [-0.3, -0.25) is 0 Å². The summed E-state index contributed by atoms with van der Waals surface area (Å²) in [6.45, 7) is 6.72. The number of hydrogen-bond donors (Lipinski definition) is 0. The van der Waals surface area contributed by atoms with Crippen LogP contribution < -0.4 is 0 Å². The lowest BCUT2D eigenvalue weighted by Crippen LogP contribution is -1.90. The SMILES string of the molecule is CC1=CCCC1.CCC/C=C(\CC)CCC1=CC=CCC1. The number of allylic oxidation sites excluding steroid dienone is 8. The fourth-order valence-corrected chi connectivity index (χ4v) is 2.78. The van der Waals surface area contributed by atoms with Crippen molar-refractivity contribution in [1.29, 1.82) is 0 Å². The first-order valence-corrected chi connectivity index (χ1v) is 8.94. The summed E-state index contributed by atoms with van der Waals surface area (Å²) in [5, 5.41) is 0. The third-order valence-corrected chi connectivity index (χ3v) is 4.31. The summed E-state index contributed by atoms with van der Waals surface area (Å²) in [6, 6.07) is 0. The van der Waals surface area contributed by atoms with Gasteiger partial charge in [0.1, 0.15) is 0 Å². The molecule has 0 bridgehead atoms. The summed E-state index contributed by atoms with van der Waals surface area (Å²) in [7, 11) is 0. The highest BCUT2D eigenvalue weighted by molar-refractivity contribution is 5.19. The van der Waals surface area contributed by atoms with Gasteiger partial charge < -0.3 is 0 Å². The van der Waals surface area contributed by atoms with Crippen LogP contribution in [0.15, 0.2) is 47.1 Å². The molecular formula is C21H34. The van der Waals surface area contributed by atoms with Gasteiger partial charge in [-0.15, -0.1) is 0 Å². The Kier molecular flexibility index (Phi) is 9.95. The summed E-state index contributed by atoms with van der Waals surface area (Å²) in [5.74, 6) is 0. The molecular weight excluding hydrogens is 252 g/mol. The molecule has 0 unspecified atom stereocenters. The standard InChI is InChI=1S/C15H24.C6H10/c1-3-5-9-14(4-2)12-13-15-10-7-6-8-11-15;1-6-4-2-3-5-6/h6-7,9-10H,3-5,8,11-13H2,1-2H3;4H,2-3,5H2,1H3/b14-9+;. The fourth-order valence-electron chi connectivity index (χ4n) is 2.78. The summed E-state index contributed by atoms with van der Waals surface area (Å²) in [4.78, 5) is 0. The second-order valence-electron chi connectivity index (χ2n) is 6.24. The molecule has 0 heterocycles. The zero-order valence-electron chi connectivity index (χ0n) is 14.5. The van der Waals surface area contributed by atoms with Crippen molar-refractivity contribution in [1.82, 2.24) is 0 Å². The maximum absolute atomic E-state index is 2.44. The second kappa shape index (κ2) is 11.6. The first kappa shape index (κ1) is 18.0. The Morgan fingerprint density at radius 1 is 1.19 bits per heavy atom. The van der Waals surface area contributed by atoms with Crippen LogP contribution in [0.4, 0.5) is 0 Å². The summed E-state index contributed by atoms with van der Waals surface area (Å²) >= 11 is 0. The van der Waals surface area contributed by atoms with Gasteiger partial charge in [0.05, 0.1) is 0 Å². The topological polar surface area (TPSA) is 0 Å². The molecule has 0 amide bonds. The molecule has 21 heavy (non-hydrogen) atoms. The van der Waals surface area contributed by atoms with Gasteiger partial charge in [0, 0.05) is 0 Å². The maximum Gasteiger partial charge on any atom is -0.0280 e. The Balaban J connectivity index is 0.000000304. The zero-order valence-corrected chi connectivity index (χ0v) is 14.5. The molecule has 0 nitrogen and oxygen atoms in total. The van der Waals surface area contributed by atoms with E-state index in [1.54, 1.807) is 16.7 Å². The highest BCUT2D eigenvalue weighted by atomic mass is 14.1. The molecule has 2 aliphatic rings. The lowest BCUT2D eigenvalue weighted by molar-refractivity contribution is 0.801. The van der Waals surface area contributed by atoms with Crippen LogP contribution in [0.1, 0.15) is 85.0 Å². The van der Waals surface area contributed by atoms with Crippen molar-refractivity contribution in [2.75, 3.05) is 0 Å². The van der Waals surface area contributed by atoms with Gasteiger partial charge in [0.2, 0.25) is 0 Å². The summed E-state index contributed by atoms with van der Waals surface area (Å²) in [6.07, 6.45) is 24.4. The van der Waals surface area contributed by atoms with E-state index in [-0.39, 0.29) is 0 Å². The van der Waals surface area contributed by atoms with E-state index in [1.807, 2.05) is 0 Å². The molecule has 2 aliphatic carbocycles. The van der Waals surface area contributed by atoms with Gasteiger partial charge in [-0.1, -0.05) is 67.4 Å². The molecule has 0 aromatic carbocycles. The predicted octanol–water partition coefficient (Wildman–Crippen LogP) is 7.30. The van der Waals surface area contributed by atoms with Gasteiger partial charge >= 0.3 is 0 Å². The highest BCUT2D eigenvalue weighted by Crippen LogP contribution is 2.21. The first-order valence-electron chi connectivity index (χ1n) is 8.94. The van der Waals surface area contributed by atoms with Crippen molar-refractivity contribution < 1.29 is 0 Å². The minimum atomic E-state index is 1.23. The molecule has 0 aromatic heterocycles. The van der Waals surface area contributed by atoms with E-state index in [9.17, 15) is 0 Å². The zero-order chi connectivity index (χ0) is 15.3. The van der Waals surface area contributed by atoms with Crippen molar-refractivity contribution >= 4 is 0 Å². The first-order chi connectivity index (χ1) is 10.3. The predicted molar refractivity (Wildman–Crippen MR) is 96.6 cm³/mol. The van der Waals surface area contributed by atoms with Crippen LogP contribution in [0.3, 0.4) is 0 Å². The quantitative estimate of drug-likeness (QED) is 0.449. The van der Waals surface area contributed by atoms with Crippen molar-refractivity contribution in [3.8, 4) is 0 Å². The second-order valence-corrected chi connectivity index (χ2v) is 6.24. The maximum atomic E-state index is 2.44. The summed E-state index contributed by atoms with van der Waals surface area (Å²) in [5.41, 5.74) is 4.86. The smallest absolute Gasteiger partial charge is 0.0280 e. The van der Waals surface area contributed by atoms with Gasteiger partial charge in [-0.2, -0.15) is 0 Å². The van der Waals surface area contributed by atoms with E-state index >= 15 is 0 Å². The van der Waals surface area contributed by atoms with Gasteiger partial charge in [-0.05, 0) is 64.7 Å². The Labute approximate surface area is 132 Å². The molecule has 0 saturated carbocycles. The van der Waals surface area contributed by atoms with E-state index in [2.05, 4.69) is 51.2 Å². The third-order valence-electron chi connectivity index (χ3n) is 4.31. The van der Waals surface area contributed by atoms with E-state index < -0.39 is 0 Å². The van der Waals surface area contributed by atoms with E-state index in [1.165, 1.54) is 64.2 Å². The van der Waals surface area contributed by atoms with Gasteiger partial charge in [0.15, 0.2) is 0 Å².